The van der Waals surface area contributed by atoms with Crippen LogP contribution in [0.25, 0.3) is 0 Å². The fourth-order valence-electron chi connectivity index (χ4n) is 2.20. The van der Waals surface area contributed by atoms with Crippen molar-refractivity contribution in [3.05, 3.63) is 16.8 Å². The van der Waals surface area contributed by atoms with Gasteiger partial charge in [0.2, 0.25) is 5.91 Å². The van der Waals surface area contributed by atoms with E-state index in [1.165, 1.54) is 10.9 Å². The summed E-state index contributed by atoms with van der Waals surface area (Å²) in [6, 6.07) is -0.203. The van der Waals surface area contributed by atoms with Gasteiger partial charge in [0.1, 0.15) is 12.9 Å². The first-order valence-corrected chi connectivity index (χ1v) is 6.14. The highest BCUT2D eigenvalue weighted by molar-refractivity contribution is 5.76. The summed E-state index contributed by atoms with van der Waals surface area (Å²) in [5.41, 5.74) is -0.325. The summed E-state index contributed by atoms with van der Waals surface area (Å²) >= 11 is 0. The summed E-state index contributed by atoms with van der Waals surface area (Å²) in [7, 11) is 1.58. The molecule has 2 atom stereocenters. The van der Waals surface area contributed by atoms with Crippen LogP contribution in [0.2, 0.25) is 0 Å². The van der Waals surface area contributed by atoms with Crippen LogP contribution in [-0.4, -0.2) is 37.5 Å². The van der Waals surface area contributed by atoms with E-state index in [1.807, 2.05) is 0 Å². The van der Waals surface area contributed by atoms with Crippen molar-refractivity contribution in [3.63, 3.8) is 0 Å². The van der Waals surface area contributed by atoms with Gasteiger partial charge in [-0.3, -0.25) is 9.36 Å². The van der Waals surface area contributed by atoms with Gasteiger partial charge in [-0.25, -0.2) is 9.48 Å². The molecule has 0 bridgehead atoms. The minimum atomic E-state index is -0.483. The number of nitrogens with one attached hydrogen (secondary N) is 1. The molecule has 1 aliphatic carbocycles. The normalized spacial score (nSPS) is 23.9. The number of aliphatic hydroxyl groups excluding tert-OH is 1. The van der Waals surface area contributed by atoms with Gasteiger partial charge in [0, 0.05) is 7.05 Å². The van der Waals surface area contributed by atoms with Crippen LogP contribution in [0.3, 0.4) is 0 Å². The van der Waals surface area contributed by atoms with E-state index >= 15 is 0 Å². The fraction of sp³-hybridized carbons (Fsp3) is 0.727. The molecule has 1 saturated carbocycles. The SMILES string of the molecule is Cn1cnn(CC(=O)NC2CCCCC2O)c1=O. The third kappa shape index (κ3) is 2.79. The van der Waals surface area contributed by atoms with Gasteiger partial charge in [-0.15, -0.1) is 0 Å². The van der Waals surface area contributed by atoms with Gasteiger partial charge in [0.05, 0.1) is 12.1 Å². The lowest BCUT2D eigenvalue weighted by Crippen LogP contribution is -2.46. The molecule has 0 aliphatic heterocycles. The Kier molecular flexibility index (Phi) is 3.81. The quantitative estimate of drug-likeness (QED) is 0.724. The van der Waals surface area contributed by atoms with Gasteiger partial charge < -0.3 is 10.4 Å². The van der Waals surface area contributed by atoms with Gasteiger partial charge in [0.25, 0.3) is 0 Å². The molecule has 18 heavy (non-hydrogen) atoms. The number of hydrogen-bond acceptors (Lipinski definition) is 4. The Morgan fingerprint density at radius 3 is 2.89 bits per heavy atom. The van der Waals surface area contributed by atoms with E-state index in [0.29, 0.717) is 6.42 Å². The number of aryl methyl sites for hydroxylation is 1. The first kappa shape index (κ1) is 12.8. The molecule has 2 rings (SSSR count). The average molecular weight is 254 g/mol. The number of aromatic nitrogens is 3. The third-order valence-electron chi connectivity index (χ3n) is 3.26. The minimum Gasteiger partial charge on any atom is -0.391 e. The zero-order valence-electron chi connectivity index (χ0n) is 10.4. The number of rotatable bonds is 3. The summed E-state index contributed by atoms with van der Waals surface area (Å²) in [6.07, 6.45) is 4.38. The Morgan fingerprint density at radius 1 is 1.56 bits per heavy atom. The lowest BCUT2D eigenvalue weighted by Gasteiger charge is -2.28. The Labute approximate surface area is 104 Å². The van der Waals surface area contributed by atoms with Gasteiger partial charge in [-0.1, -0.05) is 12.8 Å². The van der Waals surface area contributed by atoms with Crippen molar-refractivity contribution in [1.82, 2.24) is 19.7 Å². The lowest BCUT2D eigenvalue weighted by atomic mass is 9.92. The van der Waals surface area contributed by atoms with Crippen molar-refractivity contribution >= 4 is 5.91 Å². The van der Waals surface area contributed by atoms with Crippen LogP contribution in [0.4, 0.5) is 0 Å². The summed E-state index contributed by atoms with van der Waals surface area (Å²) < 4.78 is 2.41. The third-order valence-corrected chi connectivity index (χ3v) is 3.26. The fourth-order valence-corrected chi connectivity index (χ4v) is 2.20. The molecule has 0 spiro atoms. The molecule has 1 aromatic rings. The van der Waals surface area contributed by atoms with Crippen molar-refractivity contribution in [2.75, 3.05) is 0 Å². The number of amides is 1. The Morgan fingerprint density at radius 2 is 2.28 bits per heavy atom. The molecule has 1 aromatic heterocycles. The van der Waals surface area contributed by atoms with Crippen molar-refractivity contribution in [1.29, 1.82) is 0 Å². The monoisotopic (exact) mass is 254 g/mol. The zero-order valence-corrected chi connectivity index (χ0v) is 10.4. The summed E-state index contributed by atoms with van der Waals surface area (Å²) in [5.74, 6) is -0.290. The van der Waals surface area contributed by atoms with E-state index in [0.717, 1.165) is 23.9 Å². The maximum absolute atomic E-state index is 11.8. The highest BCUT2D eigenvalue weighted by Gasteiger charge is 2.24. The second kappa shape index (κ2) is 5.34. The maximum Gasteiger partial charge on any atom is 0.345 e. The molecule has 0 saturated heterocycles. The smallest absolute Gasteiger partial charge is 0.345 e. The number of carbonyl (C=O) groups excluding carboxylic acids is 1. The van der Waals surface area contributed by atoms with Crippen molar-refractivity contribution in [2.45, 2.75) is 44.4 Å². The van der Waals surface area contributed by atoms with Gasteiger partial charge in [-0.05, 0) is 12.8 Å². The molecule has 1 heterocycles. The van der Waals surface area contributed by atoms with Crippen molar-refractivity contribution in [2.24, 2.45) is 7.05 Å². The molecule has 1 fully saturated rings. The van der Waals surface area contributed by atoms with Crippen LogP contribution in [0.1, 0.15) is 25.7 Å². The largest absolute Gasteiger partial charge is 0.391 e. The highest BCUT2D eigenvalue weighted by Crippen LogP contribution is 2.18. The first-order valence-electron chi connectivity index (χ1n) is 6.14. The number of carbonyl (C=O) groups is 1. The second-order valence-electron chi connectivity index (χ2n) is 4.71. The Bertz CT molecular complexity index is 479. The maximum atomic E-state index is 11.8. The molecule has 7 nitrogen and oxygen atoms in total. The van der Waals surface area contributed by atoms with E-state index in [-0.39, 0.29) is 24.2 Å². The molecule has 0 aromatic carbocycles. The summed E-state index contributed by atoms with van der Waals surface area (Å²) in [4.78, 5) is 23.3. The van der Waals surface area contributed by atoms with Gasteiger partial charge in [-0.2, -0.15) is 5.10 Å². The molecule has 1 amide bonds. The van der Waals surface area contributed by atoms with Crippen LogP contribution in [0, 0.1) is 0 Å². The Hall–Kier alpha value is -1.63. The first-order chi connectivity index (χ1) is 8.58. The number of aliphatic hydroxyl groups is 1. The highest BCUT2D eigenvalue weighted by atomic mass is 16.3. The molecule has 2 N–H and O–H groups in total. The summed E-state index contributed by atoms with van der Waals surface area (Å²) in [5, 5.41) is 16.3. The van der Waals surface area contributed by atoms with Crippen LogP contribution in [-0.2, 0) is 18.4 Å². The van der Waals surface area contributed by atoms with Crippen LogP contribution in [0.15, 0.2) is 11.1 Å². The molecule has 7 heteroatoms. The lowest BCUT2D eigenvalue weighted by molar-refractivity contribution is -0.123. The van der Waals surface area contributed by atoms with Gasteiger partial charge in [0.15, 0.2) is 0 Å². The topological polar surface area (TPSA) is 89.2 Å². The predicted molar refractivity (Wildman–Crippen MR) is 63.9 cm³/mol. The predicted octanol–water partition coefficient (Wildman–Crippen LogP) is -0.998. The standard InChI is InChI=1S/C11H18N4O3/c1-14-7-12-15(11(14)18)6-10(17)13-8-4-2-3-5-9(8)16/h7-9,16H,2-6H2,1H3,(H,13,17). The molecule has 1 aliphatic rings. The van der Waals surface area contributed by atoms with Crippen molar-refractivity contribution < 1.29 is 9.90 Å². The molecular weight excluding hydrogens is 236 g/mol. The molecule has 100 valence electrons. The van der Waals surface area contributed by atoms with E-state index in [1.54, 1.807) is 7.05 Å². The van der Waals surface area contributed by atoms with Crippen molar-refractivity contribution in [3.8, 4) is 0 Å². The zero-order chi connectivity index (χ0) is 13.1. The van der Waals surface area contributed by atoms with E-state index in [9.17, 15) is 14.7 Å². The average Bonchev–Trinajstić information content (AvgIpc) is 2.64. The number of hydrogen-bond donors (Lipinski definition) is 2. The summed E-state index contributed by atoms with van der Waals surface area (Å²) in [6.45, 7) is -0.108. The molecule has 2 unspecified atom stereocenters. The molecular formula is C11H18N4O3. The minimum absolute atomic E-state index is 0.108. The van der Waals surface area contributed by atoms with Crippen LogP contribution < -0.4 is 11.0 Å². The molecule has 0 radical (unpaired) electrons. The van der Waals surface area contributed by atoms with Crippen LogP contribution in [0.5, 0.6) is 0 Å². The van der Waals surface area contributed by atoms with E-state index in [4.69, 9.17) is 0 Å². The Balaban J connectivity index is 1.92. The van der Waals surface area contributed by atoms with Gasteiger partial charge >= 0.3 is 5.69 Å². The number of nitrogens with zero attached hydrogens (tertiary/aromatic N) is 3. The van der Waals surface area contributed by atoms with Crippen LogP contribution >= 0.6 is 0 Å². The van der Waals surface area contributed by atoms with E-state index < -0.39 is 6.10 Å². The van der Waals surface area contributed by atoms with E-state index in [2.05, 4.69) is 10.4 Å². The second-order valence-corrected chi connectivity index (χ2v) is 4.71.